The van der Waals surface area contributed by atoms with E-state index in [4.69, 9.17) is 16.3 Å². The minimum absolute atomic E-state index is 0.00674. The summed E-state index contributed by atoms with van der Waals surface area (Å²) in [7, 11) is 1.55. The molecule has 0 unspecified atom stereocenters. The average molecular weight is 354 g/mol. The number of amides is 2. The van der Waals surface area contributed by atoms with Crippen molar-refractivity contribution in [2.75, 3.05) is 38.6 Å². The molecule has 1 aliphatic rings. The van der Waals surface area contributed by atoms with Crippen molar-refractivity contribution in [3.8, 4) is 5.75 Å². The number of hydrogen-bond donors (Lipinski definition) is 2. The summed E-state index contributed by atoms with van der Waals surface area (Å²) >= 11 is 5.97. The normalized spacial score (nSPS) is 15.8. The average Bonchev–Trinajstić information content (AvgIpc) is 2.54. The number of hydrogen-bond acceptors (Lipinski definition) is 4. The number of piperidine rings is 1. The highest BCUT2D eigenvalue weighted by molar-refractivity contribution is 6.31. The van der Waals surface area contributed by atoms with Gasteiger partial charge < -0.3 is 15.4 Å². The van der Waals surface area contributed by atoms with Crippen LogP contribution >= 0.6 is 11.6 Å². The molecular weight excluding hydrogens is 330 g/mol. The number of methoxy groups -OCH3 is 1. The van der Waals surface area contributed by atoms with Crippen LogP contribution in [-0.4, -0.2) is 50.0 Å². The zero-order chi connectivity index (χ0) is 17.5. The first-order valence-corrected chi connectivity index (χ1v) is 8.46. The predicted molar refractivity (Wildman–Crippen MR) is 94.5 cm³/mol. The Morgan fingerprint density at radius 2 is 2.04 bits per heavy atom. The van der Waals surface area contributed by atoms with Crippen molar-refractivity contribution in [1.82, 2.24) is 10.2 Å². The maximum Gasteiger partial charge on any atom is 0.238 e. The molecule has 0 aromatic heterocycles. The lowest BCUT2D eigenvalue weighted by Crippen LogP contribution is -2.41. The summed E-state index contributed by atoms with van der Waals surface area (Å²) in [4.78, 5) is 25.3. The monoisotopic (exact) mass is 353 g/mol. The smallest absolute Gasteiger partial charge is 0.238 e. The molecule has 1 saturated heterocycles. The van der Waals surface area contributed by atoms with Crippen molar-refractivity contribution in [1.29, 1.82) is 0 Å². The molecule has 0 aliphatic carbocycles. The van der Waals surface area contributed by atoms with Crippen molar-refractivity contribution in [3.05, 3.63) is 23.2 Å². The third-order valence-corrected chi connectivity index (χ3v) is 4.38. The molecule has 1 heterocycles. The number of anilines is 1. The van der Waals surface area contributed by atoms with Gasteiger partial charge in [0.25, 0.3) is 0 Å². The molecule has 132 valence electrons. The van der Waals surface area contributed by atoms with Gasteiger partial charge in [-0.25, -0.2) is 0 Å². The zero-order valence-corrected chi connectivity index (χ0v) is 14.9. The van der Waals surface area contributed by atoms with Gasteiger partial charge in [0, 0.05) is 18.5 Å². The van der Waals surface area contributed by atoms with E-state index in [0.29, 0.717) is 28.9 Å². The molecule has 24 heavy (non-hydrogen) atoms. The van der Waals surface area contributed by atoms with Crippen LogP contribution in [0.25, 0.3) is 0 Å². The van der Waals surface area contributed by atoms with Gasteiger partial charge in [-0.3, -0.25) is 14.5 Å². The molecule has 0 radical (unpaired) electrons. The number of nitrogens with one attached hydrogen (secondary N) is 2. The summed E-state index contributed by atoms with van der Waals surface area (Å²) in [6.07, 6.45) is 1.96. The zero-order valence-electron chi connectivity index (χ0n) is 14.1. The van der Waals surface area contributed by atoms with Gasteiger partial charge >= 0.3 is 0 Å². The van der Waals surface area contributed by atoms with Crippen molar-refractivity contribution >= 4 is 29.1 Å². The largest absolute Gasteiger partial charge is 0.495 e. The highest BCUT2D eigenvalue weighted by Gasteiger charge is 2.21. The SMILES string of the molecule is COc1ccc(Cl)cc1NC(=O)CN1CCC(CNC(C)=O)CC1. The molecule has 0 spiro atoms. The highest BCUT2D eigenvalue weighted by Crippen LogP contribution is 2.27. The van der Waals surface area contributed by atoms with Gasteiger partial charge in [-0.2, -0.15) is 0 Å². The maximum atomic E-state index is 12.2. The van der Waals surface area contributed by atoms with E-state index in [2.05, 4.69) is 15.5 Å². The summed E-state index contributed by atoms with van der Waals surface area (Å²) in [5.41, 5.74) is 0.579. The van der Waals surface area contributed by atoms with Crippen LogP contribution < -0.4 is 15.4 Å². The Kier molecular flexibility index (Phi) is 6.87. The lowest BCUT2D eigenvalue weighted by Gasteiger charge is -2.31. The molecule has 6 nitrogen and oxygen atoms in total. The van der Waals surface area contributed by atoms with E-state index in [1.165, 1.54) is 6.92 Å². The van der Waals surface area contributed by atoms with E-state index >= 15 is 0 Å². The number of carbonyl (C=O) groups is 2. The van der Waals surface area contributed by atoms with Crippen molar-refractivity contribution in [2.45, 2.75) is 19.8 Å². The fourth-order valence-electron chi connectivity index (χ4n) is 2.81. The maximum absolute atomic E-state index is 12.2. The molecule has 2 N–H and O–H groups in total. The van der Waals surface area contributed by atoms with E-state index in [0.717, 1.165) is 32.5 Å². The highest BCUT2D eigenvalue weighted by atomic mass is 35.5. The second-order valence-corrected chi connectivity index (χ2v) is 6.49. The summed E-state index contributed by atoms with van der Waals surface area (Å²) in [6, 6.07) is 5.12. The third kappa shape index (κ3) is 5.69. The summed E-state index contributed by atoms with van der Waals surface area (Å²) in [5.74, 6) is 0.992. The Bertz CT molecular complexity index is 586. The predicted octanol–water partition coefficient (Wildman–Crippen LogP) is 2.14. The van der Waals surface area contributed by atoms with Gasteiger partial charge in [-0.1, -0.05) is 11.6 Å². The minimum Gasteiger partial charge on any atom is -0.495 e. The number of nitrogens with zero attached hydrogens (tertiary/aromatic N) is 1. The van der Waals surface area contributed by atoms with E-state index in [1.54, 1.807) is 25.3 Å². The first kappa shape index (κ1) is 18.5. The fourth-order valence-corrected chi connectivity index (χ4v) is 2.98. The molecule has 1 aromatic rings. The Morgan fingerprint density at radius 3 is 2.67 bits per heavy atom. The molecule has 0 bridgehead atoms. The molecule has 2 amide bonds. The molecule has 0 saturated carbocycles. The molecule has 1 fully saturated rings. The lowest BCUT2D eigenvalue weighted by molar-refractivity contribution is -0.119. The lowest BCUT2D eigenvalue weighted by atomic mass is 9.97. The Hall–Kier alpha value is -1.79. The van der Waals surface area contributed by atoms with Gasteiger partial charge in [0.15, 0.2) is 0 Å². The van der Waals surface area contributed by atoms with Crippen LogP contribution in [-0.2, 0) is 9.59 Å². The van der Waals surface area contributed by atoms with Gasteiger partial charge in [0.2, 0.25) is 11.8 Å². The molecule has 7 heteroatoms. The summed E-state index contributed by atoms with van der Waals surface area (Å²) in [6.45, 7) is 4.29. The first-order chi connectivity index (χ1) is 11.5. The van der Waals surface area contributed by atoms with Crippen molar-refractivity contribution in [2.24, 2.45) is 5.92 Å². The second kappa shape index (κ2) is 8.89. The number of benzene rings is 1. The number of halogens is 1. The van der Waals surface area contributed by atoms with Crippen LogP contribution in [0.4, 0.5) is 5.69 Å². The number of likely N-dealkylation sites (tertiary alicyclic amines) is 1. The van der Waals surface area contributed by atoms with Crippen LogP contribution in [0.5, 0.6) is 5.75 Å². The topological polar surface area (TPSA) is 70.7 Å². The first-order valence-electron chi connectivity index (χ1n) is 8.08. The van der Waals surface area contributed by atoms with Gasteiger partial charge in [-0.05, 0) is 50.0 Å². The quantitative estimate of drug-likeness (QED) is 0.822. The third-order valence-electron chi connectivity index (χ3n) is 4.15. The van der Waals surface area contributed by atoms with E-state index < -0.39 is 0 Å². The van der Waals surface area contributed by atoms with Crippen LogP contribution in [0.3, 0.4) is 0 Å². The standard InChI is InChI=1S/C17H24ClN3O3/c1-12(22)19-10-13-5-7-21(8-6-13)11-17(23)20-15-9-14(18)3-4-16(15)24-2/h3-4,9,13H,5-8,10-11H2,1-2H3,(H,19,22)(H,20,23). The van der Waals surface area contributed by atoms with Gasteiger partial charge in [0.05, 0.1) is 19.3 Å². The summed E-state index contributed by atoms with van der Waals surface area (Å²) < 4.78 is 5.23. The van der Waals surface area contributed by atoms with E-state index in [9.17, 15) is 9.59 Å². The molecule has 2 rings (SSSR count). The Morgan fingerprint density at radius 1 is 1.33 bits per heavy atom. The number of ether oxygens (including phenoxy) is 1. The molecule has 0 atom stereocenters. The number of rotatable bonds is 6. The van der Waals surface area contributed by atoms with Crippen LogP contribution in [0.1, 0.15) is 19.8 Å². The second-order valence-electron chi connectivity index (χ2n) is 6.05. The molecule has 1 aromatic carbocycles. The Balaban J connectivity index is 1.80. The van der Waals surface area contributed by atoms with E-state index in [1.807, 2.05) is 0 Å². The fraction of sp³-hybridized carbons (Fsp3) is 0.529. The minimum atomic E-state index is -0.0872. The van der Waals surface area contributed by atoms with Crippen LogP contribution in [0, 0.1) is 5.92 Å². The summed E-state index contributed by atoms with van der Waals surface area (Å²) in [5, 5.41) is 6.26. The van der Waals surface area contributed by atoms with Crippen molar-refractivity contribution < 1.29 is 14.3 Å². The molecule has 1 aliphatic heterocycles. The van der Waals surface area contributed by atoms with Crippen LogP contribution in [0.15, 0.2) is 18.2 Å². The molecular formula is C17H24ClN3O3. The number of carbonyl (C=O) groups excluding carboxylic acids is 2. The van der Waals surface area contributed by atoms with Crippen LogP contribution in [0.2, 0.25) is 5.02 Å². The van der Waals surface area contributed by atoms with Crippen molar-refractivity contribution in [3.63, 3.8) is 0 Å². The van der Waals surface area contributed by atoms with Gasteiger partial charge in [0.1, 0.15) is 5.75 Å². The van der Waals surface area contributed by atoms with E-state index in [-0.39, 0.29) is 11.8 Å². The van der Waals surface area contributed by atoms with Gasteiger partial charge in [-0.15, -0.1) is 0 Å². The Labute approximate surface area is 147 Å².